The zero-order valence-corrected chi connectivity index (χ0v) is 9.59. The minimum absolute atomic E-state index is 0.466. The molecule has 0 N–H and O–H groups in total. The number of fused-ring (bicyclic) bond motifs is 1. The number of pyridine rings is 3. The maximum absolute atomic E-state index is 6.05. The van der Waals surface area contributed by atoms with Gasteiger partial charge in [0.1, 0.15) is 5.15 Å². The van der Waals surface area contributed by atoms with Crippen molar-refractivity contribution in [2.24, 2.45) is 0 Å². The lowest BCUT2D eigenvalue weighted by molar-refractivity contribution is 1.29. The van der Waals surface area contributed by atoms with Gasteiger partial charge in [-0.3, -0.25) is 4.98 Å². The van der Waals surface area contributed by atoms with Gasteiger partial charge in [-0.15, -0.1) is 0 Å². The van der Waals surface area contributed by atoms with Crippen LogP contribution in [0.5, 0.6) is 0 Å². The van der Waals surface area contributed by atoms with Gasteiger partial charge in [-0.1, -0.05) is 11.6 Å². The fourth-order valence-electron chi connectivity index (χ4n) is 1.69. The van der Waals surface area contributed by atoms with E-state index in [9.17, 15) is 0 Å². The van der Waals surface area contributed by atoms with E-state index in [4.69, 9.17) is 11.6 Å². The summed E-state index contributed by atoms with van der Waals surface area (Å²) in [6.07, 6.45) is 5.18. The van der Waals surface area contributed by atoms with Crippen molar-refractivity contribution in [3.05, 3.63) is 54.1 Å². The summed E-state index contributed by atoms with van der Waals surface area (Å²) in [6, 6.07) is 9.54. The smallest absolute Gasteiger partial charge is 0.138 e. The highest BCUT2D eigenvalue weighted by molar-refractivity contribution is 6.32. The number of hydrogen-bond acceptors (Lipinski definition) is 3. The molecule has 3 heterocycles. The van der Waals surface area contributed by atoms with Crippen LogP contribution in [-0.4, -0.2) is 15.0 Å². The van der Waals surface area contributed by atoms with Crippen molar-refractivity contribution < 1.29 is 0 Å². The first-order chi connectivity index (χ1) is 8.34. The Labute approximate surface area is 103 Å². The van der Waals surface area contributed by atoms with Crippen LogP contribution >= 0.6 is 11.6 Å². The third-order valence-corrected chi connectivity index (χ3v) is 2.83. The highest BCUT2D eigenvalue weighted by atomic mass is 35.5. The number of hydrogen-bond donors (Lipinski definition) is 0. The summed E-state index contributed by atoms with van der Waals surface area (Å²) in [5, 5.41) is 1.48. The molecule has 0 radical (unpaired) electrons. The van der Waals surface area contributed by atoms with E-state index in [-0.39, 0.29) is 0 Å². The maximum Gasteiger partial charge on any atom is 0.138 e. The molecule has 0 aliphatic rings. The fraction of sp³-hybridized carbons (Fsp3) is 0. The summed E-state index contributed by atoms with van der Waals surface area (Å²) < 4.78 is 0. The van der Waals surface area contributed by atoms with Gasteiger partial charge in [0.2, 0.25) is 0 Å². The minimum Gasteiger partial charge on any atom is -0.264 e. The molecule has 0 saturated carbocycles. The Bertz CT molecular complexity index is 682. The maximum atomic E-state index is 6.05. The lowest BCUT2D eigenvalue weighted by atomic mass is 10.1. The predicted molar refractivity (Wildman–Crippen MR) is 67.8 cm³/mol. The van der Waals surface area contributed by atoms with Crippen LogP contribution < -0.4 is 0 Å². The summed E-state index contributed by atoms with van der Waals surface area (Å²) in [5.41, 5.74) is 2.56. The molecule has 3 aromatic heterocycles. The molecule has 0 fully saturated rings. The Morgan fingerprint density at radius 3 is 2.82 bits per heavy atom. The lowest BCUT2D eigenvalue weighted by Crippen LogP contribution is -1.88. The van der Waals surface area contributed by atoms with E-state index in [1.165, 1.54) is 0 Å². The summed E-state index contributed by atoms with van der Waals surface area (Å²) in [5.74, 6) is 0. The van der Waals surface area contributed by atoms with Crippen molar-refractivity contribution in [1.82, 2.24) is 15.0 Å². The second-order valence-corrected chi connectivity index (χ2v) is 3.96. The van der Waals surface area contributed by atoms with Crippen molar-refractivity contribution in [2.45, 2.75) is 0 Å². The molecular weight excluding hydrogens is 234 g/mol. The van der Waals surface area contributed by atoms with Gasteiger partial charge in [0.05, 0.1) is 11.2 Å². The van der Waals surface area contributed by atoms with Crippen molar-refractivity contribution in [2.75, 3.05) is 0 Å². The summed E-state index contributed by atoms with van der Waals surface area (Å²) >= 11 is 6.05. The van der Waals surface area contributed by atoms with Gasteiger partial charge < -0.3 is 0 Å². The summed E-state index contributed by atoms with van der Waals surface area (Å²) in [7, 11) is 0. The SMILES string of the molecule is Clc1ncccc1-c1ccc2cnccc2n1. The standard InChI is InChI=1S/C13H8ClN3/c14-13-10(2-1-6-16-13)12-4-3-9-8-15-7-5-11(9)17-12/h1-8H. The van der Waals surface area contributed by atoms with Gasteiger partial charge >= 0.3 is 0 Å². The van der Waals surface area contributed by atoms with Crippen LogP contribution in [0.1, 0.15) is 0 Å². The predicted octanol–water partition coefficient (Wildman–Crippen LogP) is 3.35. The third-order valence-electron chi connectivity index (χ3n) is 2.52. The average molecular weight is 242 g/mol. The number of rotatable bonds is 1. The topological polar surface area (TPSA) is 38.7 Å². The highest BCUT2D eigenvalue weighted by Gasteiger charge is 2.05. The van der Waals surface area contributed by atoms with E-state index in [1.807, 2.05) is 30.3 Å². The second-order valence-electron chi connectivity index (χ2n) is 3.61. The monoisotopic (exact) mass is 241 g/mol. The molecule has 0 atom stereocenters. The molecular formula is C13H8ClN3. The first kappa shape index (κ1) is 10.2. The molecule has 3 aromatic rings. The molecule has 82 valence electrons. The van der Waals surface area contributed by atoms with Crippen LogP contribution in [-0.2, 0) is 0 Å². The van der Waals surface area contributed by atoms with E-state index in [2.05, 4.69) is 15.0 Å². The Hall–Kier alpha value is -2.00. The molecule has 0 aliphatic heterocycles. The van der Waals surface area contributed by atoms with Crippen molar-refractivity contribution in [1.29, 1.82) is 0 Å². The van der Waals surface area contributed by atoms with Crippen LogP contribution in [0.25, 0.3) is 22.2 Å². The quantitative estimate of drug-likeness (QED) is 0.614. The third kappa shape index (κ3) is 1.85. The molecule has 17 heavy (non-hydrogen) atoms. The van der Waals surface area contributed by atoms with E-state index in [0.717, 1.165) is 22.2 Å². The van der Waals surface area contributed by atoms with Crippen molar-refractivity contribution >= 4 is 22.5 Å². The van der Waals surface area contributed by atoms with E-state index < -0.39 is 0 Å². The van der Waals surface area contributed by atoms with Crippen molar-refractivity contribution in [3.8, 4) is 11.3 Å². The normalized spacial score (nSPS) is 10.6. The molecule has 3 nitrogen and oxygen atoms in total. The zero-order valence-electron chi connectivity index (χ0n) is 8.84. The summed E-state index contributed by atoms with van der Waals surface area (Å²) in [6.45, 7) is 0. The molecule has 4 heteroatoms. The Morgan fingerprint density at radius 1 is 1.00 bits per heavy atom. The largest absolute Gasteiger partial charge is 0.264 e. The molecule has 0 saturated heterocycles. The lowest BCUT2D eigenvalue weighted by Gasteiger charge is -2.03. The molecule has 0 spiro atoms. The van der Waals surface area contributed by atoms with Gasteiger partial charge in [0, 0.05) is 29.5 Å². The highest BCUT2D eigenvalue weighted by Crippen LogP contribution is 2.25. The molecule has 0 amide bonds. The Kier molecular flexibility index (Phi) is 2.46. The number of aromatic nitrogens is 3. The van der Waals surface area contributed by atoms with Gasteiger partial charge in [0.25, 0.3) is 0 Å². The van der Waals surface area contributed by atoms with E-state index >= 15 is 0 Å². The molecule has 0 unspecified atom stereocenters. The van der Waals surface area contributed by atoms with Crippen molar-refractivity contribution in [3.63, 3.8) is 0 Å². The summed E-state index contributed by atoms with van der Waals surface area (Å²) in [4.78, 5) is 12.6. The van der Waals surface area contributed by atoms with Gasteiger partial charge in [0.15, 0.2) is 0 Å². The Morgan fingerprint density at radius 2 is 1.94 bits per heavy atom. The van der Waals surface area contributed by atoms with E-state index in [0.29, 0.717) is 5.15 Å². The van der Waals surface area contributed by atoms with Crippen LogP contribution in [0.3, 0.4) is 0 Å². The average Bonchev–Trinajstić information content (AvgIpc) is 2.39. The van der Waals surface area contributed by atoms with Crippen LogP contribution in [0.4, 0.5) is 0 Å². The van der Waals surface area contributed by atoms with Gasteiger partial charge in [-0.2, -0.15) is 0 Å². The van der Waals surface area contributed by atoms with E-state index in [1.54, 1.807) is 18.6 Å². The van der Waals surface area contributed by atoms with Gasteiger partial charge in [-0.05, 0) is 30.3 Å². The Balaban J connectivity index is 2.22. The molecule has 0 bridgehead atoms. The zero-order chi connectivity index (χ0) is 11.7. The minimum atomic E-state index is 0.466. The first-order valence-electron chi connectivity index (χ1n) is 5.16. The molecule has 3 rings (SSSR count). The molecule has 0 aliphatic carbocycles. The fourth-order valence-corrected chi connectivity index (χ4v) is 1.91. The molecule has 0 aromatic carbocycles. The van der Waals surface area contributed by atoms with Gasteiger partial charge in [-0.25, -0.2) is 9.97 Å². The second kappa shape index (κ2) is 4.11. The van der Waals surface area contributed by atoms with Crippen LogP contribution in [0.2, 0.25) is 5.15 Å². The van der Waals surface area contributed by atoms with Crippen LogP contribution in [0.15, 0.2) is 48.9 Å². The number of halogens is 1. The number of nitrogens with zero attached hydrogens (tertiary/aromatic N) is 3. The van der Waals surface area contributed by atoms with Crippen LogP contribution in [0, 0.1) is 0 Å². The first-order valence-corrected chi connectivity index (χ1v) is 5.54.